The summed E-state index contributed by atoms with van der Waals surface area (Å²) in [5.41, 5.74) is 2.04. The van der Waals surface area contributed by atoms with Crippen molar-refractivity contribution in [2.45, 2.75) is 20.8 Å². The molecule has 74 valence electrons. The maximum atomic E-state index is 11.3. The lowest BCUT2D eigenvalue weighted by Gasteiger charge is -2.01. The van der Waals surface area contributed by atoms with Crippen molar-refractivity contribution in [3.63, 3.8) is 0 Å². The molecule has 0 aliphatic carbocycles. The molecule has 0 aliphatic heterocycles. The lowest BCUT2D eigenvalue weighted by molar-refractivity contribution is -0.112. The SMILES string of the molecule is CC(C)=CC(=O)Nc1ccc(C)cn1. The summed E-state index contributed by atoms with van der Waals surface area (Å²) in [4.78, 5) is 15.3. The van der Waals surface area contributed by atoms with Crippen LogP contribution in [0.1, 0.15) is 19.4 Å². The molecule has 0 saturated heterocycles. The van der Waals surface area contributed by atoms with Crippen LogP contribution in [0.25, 0.3) is 0 Å². The van der Waals surface area contributed by atoms with Crippen molar-refractivity contribution in [2.75, 3.05) is 5.32 Å². The molecule has 0 unspecified atom stereocenters. The predicted molar refractivity (Wildman–Crippen MR) is 57.0 cm³/mol. The number of nitrogens with one attached hydrogen (secondary N) is 1. The van der Waals surface area contributed by atoms with Gasteiger partial charge in [0, 0.05) is 12.3 Å². The zero-order valence-corrected chi connectivity index (χ0v) is 8.66. The number of carbonyl (C=O) groups excluding carboxylic acids is 1. The van der Waals surface area contributed by atoms with Gasteiger partial charge in [-0.2, -0.15) is 0 Å². The number of pyridine rings is 1. The van der Waals surface area contributed by atoms with Crippen molar-refractivity contribution in [1.82, 2.24) is 4.98 Å². The van der Waals surface area contributed by atoms with E-state index in [1.54, 1.807) is 18.3 Å². The van der Waals surface area contributed by atoms with Crippen LogP contribution in [0, 0.1) is 6.92 Å². The summed E-state index contributed by atoms with van der Waals surface area (Å²) in [5, 5.41) is 2.67. The lowest BCUT2D eigenvalue weighted by Crippen LogP contribution is -2.09. The Balaban J connectivity index is 2.66. The molecule has 1 heterocycles. The summed E-state index contributed by atoms with van der Waals surface area (Å²) in [6.07, 6.45) is 3.26. The van der Waals surface area contributed by atoms with E-state index in [0.29, 0.717) is 5.82 Å². The molecule has 1 N–H and O–H groups in total. The number of allylic oxidation sites excluding steroid dienone is 1. The van der Waals surface area contributed by atoms with Crippen molar-refractivity contribution >= 4 is 11.7 Å². The average molecular weight is 190 g/mol. The monoisotopic (exact) mass is 190 g/mol. The van der Waals surface area contributed by atoms with E-state index in [1.807, 2.05) is 26.8 Å². The molecule has 3 nitrogen and oxygen atoms in total. The van der Waals surface area contributed by atoms with Crippen LogP contribution >= 0.6 is 0 Å². The van der Waals surface area contributed by atoms with Crippen LogP contribution in [0.2, 0.25) is 0 Å². The van der Waals surface area contributed by atoms with Crippen LogP contribution in [0.3, 0.4) is 0 Å². The molecule has 0 fully saturated rings. The van der Waals surface area contributed by atoms with Crippen molar-refractivity contribution in [3.05, 3.63) is 35.5 Å². The van der Waals surface area contributed by atoms with Gasteiger partial charge >= 0.3 is 0 Å². The molecule has 0 atom stereocenters. The van der Waals surface area contributed by atoms with Crippen LogP contribution < -0.4 is 5.32 Å². The normalized spacial score (nSPS) is 9.36. The molecule has 1 amide bonds. The highest BCUT2D eigenvalue weighted by Crippen LogP contribution is 2.04. The topological polar surface area (TPSA) is 42.0 Å². The summed E-state index contributed by atoms with van der Waals surface area (Å²) >= 11 is 0. The number of aryl methyl sites for hydroxylation is 1. The number of hydrogen-bond donors (Lipinski definition) is 1. The smallest absolute Gasteiger partial charge is 0.249 e. The number of amides is 1. The molecule has 0 bridgehead atoms. The molecule has 0 aliphatic rings. The zero-order valence-electron chi connectivity index (χ0n) is 8.66. The van der Waals surface area contributed by atoms with Gasteiger partial charge < -0.3 is 5.32 Å². The molecular weight excluding hydrogens is 176 g/mol. The zero-order chi connectivity index (χ0) is 10.6. The molecule has 0 spiro atoms. The van der Waals surface area contributed by atoms with Crippen molar-refractivity contribution in [1.29, 1.82) is 0 Å². The number of anilines is 1. The van der Waals surface area contributed by atoms with E-state index in [2.05, 4.69) is 10.3 Å². The molecule has 1 aromatic rings. The molecule has 0 aromatic carbocycles. The second-order valence-corrected chi connectivity index (χ2v) is 3.43. The van der Waals surface area contributed by atoms with Crippen LogP contribution in [0.4, 0.5) is 5.82 Å². The Kier molecular flexibility index (Phi) is 3.40. The predicted octanol–water partition coefficient (Wildman–Crippen LogP) is 2.29. The number of rotatable bonds is 2. The maximum absolute atomic E-state index is 11.3. The minimum absolute atomic E-state index is 0.138. The van der Waals surface area contributed by atoms with Gasteiger partial charge in [-0.25, -0.2) is 4.98 Å². The standard InChI is InChI=1S/C11H14N2O/c1-8(2)6-11(14)13-10-5-4-9(3)7-12-10/h4-7H,1-3H3,(H,12,13,14). The largest absolute Gasteiger partial charge is 0.307 e. The Morgan fingerprint density at radius 1 is 1.43 bits per heavy atom. The van der Waals surface area contributed by atoms with E-state index in [1.165, 1.54) is 0 Å². The quantitative estimate of drug-likeness (QED) is 0.727. The molecular formula is C11H14N2O. The molecule has 0 radical (unpaired) electrons. The third kappa shape index (κ3) is 3.39. The summed E-state index contributed by atoms with van der Waals surface area (Å²) in [6.45, 7) is 5.71. The number of carbonyl (C=O) groups is 1. The summed E-state index contributed by atoms with van der Waals surface area (Å²) < 4.78 is 0. The van der Waals surface area contributed by atoms with Gasteiger partial charge in [0.2, 0.25) is 5.91 Å². The van der Waals surface area contributed by atoms with Crippen LogP contribution in [-0.4, -0.2) is 10.9 Å². The van der Waals surface area contributed by atoms with E-state index < -0.39 is 0 Å². The number of nitrogens with zero attached hydrogens (tertiary/aromatic N) is 1. The van der Waals surface area contributed by atoms with E-state index in [0.717, 1.165) is 11.1 Å². The first-order valence-electron chi connectivity index (χ1n) is 4.46. The maximum Gasteiger partial charge on any atom is 0.249 e. The fourth-order valence-electron chi connectivity index (χ4n) is 0.966. The third-order valence-corrected chi connectivity index (χ3v) is 1.58. The van der Waals surface area contributed by atoms with Crippen LogP contribution in [-0.2, 0) is 4.79 Å². The Morgan fingerprint density at radius 3 is 2.64 bits per heavy atom. The van der Waals surface area contributed by atoms with E-state index >= 15 is 0 Å². The van der Waals surface area contributed by atoms with E-state index in [9.17, 15) is 4.79 Å². The van der Waals surface area contributed by atoms with E-state index in [4.69, 9.17) is 0 Å². The molecule has 14 heavy (non-hydrogen) atoms. The fourth-order valence-corrected chi connectivity index (χ4v) is 0.966. The first-order valence-corrected chi connectivity index (χ1v) is 4.46. The van der Waals surface area contributed by atoms with Crippen LogP contribution in [0.15, 0.2) is 30.0 Å². The summed E-state index contributed by atoms with van der Waals surface area (Å²) in [6, 6.07) is 3.69. The Hall–Kier alpha value is -1.64. The van der Waals surface area contributed by atoms with Gasteiger partial charge in [0.1, 0.15) is 5.82 Å². The van der Waals surface area contributed by atoms with Crippen molar-refractivity contribution in [2.24, 2.45) is 0 Å². The van der Waals surface area contributed by atoms with Gasteiger partial charge in [-0.15, -0.1) is 0 Å². The molecule has 3 heteroatoms. The minimum atomic E-state index is -0.138. The molecule has 1 rings (SSSR count). The third-order valence-electron chi connectivity index (χ3n) is 1.58. The van der Waals surface area contributed by atoms with E-state index in [-0.39, 0.29) is 5.91 Å². The molecule has 1 aromatic heterocycles. The highest BCUT2D eigenvalue weighted by molar-refractivity contribution is 5.98. The van der Waals surface area contributed by atoms with Crippen LogP contribution in [0.5, 0.6) is 0 Å². The lowest BCUT2D eigenvalue weighted by atomic mass is 10.3. The Morgan fingerprint density at radius 2 is 2.14 bits per heavy atom. The van der Waals surface area contributed by atoms with Crippen molar-refractivity contribution in [3.8, 4) is 0 Å². The number of hydrogen-bond acceptors (Lipinski definition) is 2. The molecule has 0 saturated carbocycles. The fraction of sp³-hybridized carbons (Fsp3) is 0.273. The van der Waals surface area contributed by atoms with Gasteiger partial charge in [-0.1, -0.05) is 11.6 Å². The Bertz CT molecular complexity index is 348. The number of aromatic nitrogens is 1. The van der Waals surface area contributed by atoms with Gasteiger partial charge in [0.15, 0.2) is 0 Å². The second-order valence-electron chi connectivity index (χ2n) is 3.43. The van der Waals surface area contributed by atoms with Gasteiger partial charge in [-0.3, -0.25) is 4.79 Å². The highest BCUT2D eigenvalue weighted by atomic mass is 16.1. The van der Waals surface area contributed by atoms with Gasteiger partial charge in [0.05, 0.1) is 0 Å². The first kappa shape index (κ1) is 10.4. The second kappa shape index (κ2) is 4.56. The van der Waals surface area contributed by atoms with Crippen molar-refractivity contribution < 1.29 is 4.79 Å². The first-order chi connectivity index (χ1) is 6.58. The van der Waals surface area contributed by atoms with Gasteiger partial charge in [0.25, 0.3) is 0 Å². The highest BCUT2D eigenvalue weighted by Gasteiger charge is 1.98. The van der Waals surface area contributed by atoms with Gasteiger partial charge in [-0.05, 0) is 32.4 Å². The summed E-state index contributed by atoms with van der Waals surface area (Å²) in [5.74, 6) is 0.444. The minimum Gasteiger partial charge on any atom is -0.307 e. The Labute approximate surface area is 83.9 Å². The summed E-state index contributed by atoms with van der Waals surface area (Å²) in [7, 11) is 0. The average Bonchev–Trinajstić information content (AvgIpc) is 2.07.